The van der Waals surface area contributed by atoms with E-state index in [-0.39, 0.29) is 5.91 Å². The molecule has 5 heteroatoms. The molecule has 0 bridgehead atoms. The average molecular weight is 280 g/mol. The highest BCUT2D eigenvalue weighted by molar-refractivity contribution is 6.11. The van der Waals surface area contributed by atoms with Gasteiger partial charge in [0, 0.05) is 24.7 Å². The number of carbonyl (C=O) groups excluding carboxylic acids is 1. The van der Waals surface area contributed by atoms with Crippen molar-refractivity contribution >= 4 is 22.5 Å². The number of nitrogens with one attached hydrogen (secondary N) is 1. The SMILES string of the molecule is Cn1nc(C(=O)Nc2cccc(CN)c2)c2ccccc21. The zero-order valence-electron chi connectivity index (χ0n) is 11.7. The monoisotopic (exact) mass is 280 g/mol. The van der Waals surface area contributed by atoms with Crippen molar-refractivity contribution in [1.29, 1.82) is 0 Å². The third-order valence-corrected chi connectivity index (χ3v) is 3.39. The van der Waals surface area contributed by atoms with Gasteiger partial charge in [0.25, 0.3) is 5.91 Å². The number of carbonyl (C=O) groups is 1. The predicted octanol–water partition coefficient (Wildman–Crippen LogP) is 2.28. The van der Waals surface area contributed by atoms with Gasteiger partial charge in [-0.05, 0) is 23.8 Å². The quantitative estimate of drug-likeness (QED) is 0.773. The van der Waals surface area contributed by atoms with E-state index in [1.807, 2.05) is 55.6 Å². The van der Waals surface area contributed by atoms with E-state index in [0.29, 0.717) is 12.2 Å². The Morgan fingerprint density at radius 3 is 2.86 bits per heavy atom. The smallest absolute Gasteiger partial charge is 0.276 e. The van der Waals surface area contributed by atoms with Gasteiger partial charge >= 0.3 is 0 Å². The van der Waals surface area contributed by atoms with Crippen molar-refractivity contribution in [3.63, 3.8) is 0 Å². The van der Waals surface area contributed by atoms with E-state index in [1.54, 1.807) is 4.68 Å². The maximum absolute atomic E-state index is 12.4. The van der Waals surface area contributed by atoms with E-state index in [0.717, 1.165) is 22.2 Å². The first-order chi connectivity index (χ1) is 10.2. The van der Waals surface area contributed by atoms with Crippen LogP contribution in [-0.2, 0) is 13.6 Å². The minimum atomic E-state index is -0.221. The summed E-state index contributed by atoms with van der Waals surface area (Å²) in [5.74, 6) is -0.221. The van der Waals surface area contributed by atoms with Gasteiger partial charge in [0.15, 0.2) is 5.69 Å². The van der Waals surface area contributed by atoms with Gasteiger partial charge in [0.05, 0.1) is 5.52 Å². The summed E-state index contributed by atoms with van der Waals surface area (Å²) in [6.07, 6.45) is 0. The van der Waals surface area contributed by atoms with Crippen LogP contribution >= 0.6 is 0 Å². The highest BCUT2D eigenvalue weighted by Gasteiger charge is 2.15. The van der Waals surface area contributed by atoms with Crippen molar-refractivity contribution in [2.75, 3.05) is 5.32 Å². The Balaban J connectivity index is 1.94. The third kappa shape index (κ3) is 2.51. The predicted molar refractivity (Wildman–Crippen MR) is 83.0 cm³/mol. The summed E-state index contributed by atoms with van der Waals surface area (Å²) < 4.78 is 1.71. The van der Waals surface area contributed by atoms with E-state index in [1.165, 1.54) is 0 Å². The molecule has 21 heavy (non-hydrogen) atoms. The van der Waals surface area contributed by atoms with Crippen LogP contribution in [0.4, 0.5) is 5.69 Å². The molecule has 0 saturated heterocycles. The van der Waals surface area contributed by atoms with Gasteiger partial charge in [0.1, 0.15) is 0 Å². The van der Waals surface area contributed by atoms with Crippen LogP contribution in [0.3, 0.4) is 0 Å². The van der Waals surface area contributed by atoms with Crippen LogP contribution in [0.1, 0.15) is 16.1 Å². The van der Waals surface area contributed by atoms with Crippen LogP contribution < -0.4 is 11.1 Å². The number of aromatic nitrogens is 2. The molecule has 1 aromatic heterocycles. The van der Waals surface area contributed by atoms with Gasteiger partial charge in [0.2, 0.25) is 0 Å². The second kappa shape index (κ2) is 5.38. The molecule has 3 aromatic rings. The van der Waals surface area contributed by atoms with Gasteiger partial charge in [-0.1, -0.05) is 30.3 Å². The van der Waals surface area contributed by atoms with Crippen LogP contribution in [-0.4, -0.2) is 15.7 Å². The third-order valence-electron chi connectivity index (χ3n) is 3.39. The number of nitrogens with two attached hydrogens (primary N) is 1. The Hall–Kier alpha value is -2.66. The van der Waals surface area contributed by atoms with E-state index >= 15 is 0 Å². The van der Waals surface area contributed by atoms with Crippen LogP contribution in [0.25, 0.3) is 10.9 Å². The second-order valence-corrected chi connectivity index (χ2v) is 4.85. The molecular weight excluding hydrogens is 264 g/mol. The summed E-state index contributed by atoms with van der Waals surface area (Å²) in [6.45, 7) is 0.441. The summed E-state index contributed by atoms with van der Waals surface area (Å²) in [4.78, 5) is 12.4. The van der Waals surface area contributed by atoms with Crippen molar-refractivity contribution in [3.8, 4) is 0 Å². The highest BCUT2D eigenvalue weighted by Crippen LogP contribution is 2.19. The molecule has 3 rings (SSSR count). The maximum atomic E-state index is 12.4. The van der Waals surface area contributed by atoms with Crippen LogP contribution in [0, 0.1) is 0 Å². The lowest BCUT2D eigenvalue weighted by atomic mass is 10.2. The molecule has 5 nitrogen and oxygen atoms in total. The second-order valence-electron chi connectivity index (χ2n) is 4.85. The van der Waals surface area contributed by atoms with Crippen molar-refractivity contribution in [3.05, 3.63) is 59.8 Å². The van der Waals surface area contributed by atoms with Crippen molar-refractivity contribution in [2.24, 2.45) is 12.8 Å². The maximum Gasteiger partial charge on any atom is 0.276 e. The van der Waals surface area contributed by atoms with E-state index in [2.05, 4.69) is 10.4 Å². The average Bonchev–Trinajstić information content (AvgIpc) is 2.85. The summed E-state index contributed by atoms with van der Waals surface area (Å²) >= 11 is 0. The zero-order chi connectivity index (χ0) is 14.8. The van der Waals surface area contributed by atoms with Gasteiger partial charge in [-0.3, -0.25) is 9.48 Å². The summed E-state index contributed by atoms with van der Waals surface area (Å²) in [5.41, 5.74) is 8.65. The molecule has 0 unspecified atom stereocenters. The number of hydrogen-bond donors (Lipinski definition) is 2. The lowest BCUT2D eigenvalue weighted by Crippen LogP contribution is -2.13. The topological polar surface area (TPSA) is 72.9 Å². The molecular formula is C16H16N4O. The minimum absolute atomic E-state index is 0.221. The number of benzene rings is 2. The van der Waals surface area contributed by atoms with E-state index < -0.39 is 0 Å². The summed E-state index contributed by atoms with van der Waals surface area (Å²) in [7, 11) is 1.83. The number of anilines is 1. The first kappa shape index (κ1) is 13.3. The van der Waals surface area contributed by atoms with E-state index in [9.17, 15) is 4.79 Å². The molecule has 1 heterocycles. The summed E-state index contributed by atoms with van der Waals surface area (Å²) in [6, 6.07) is 15.2. The summed E-state index contributed by atoms with van der Waals surface area (Å²) in [5, 5.41) is 8.02. The minimum Gasteiger partial charge on any atom is -0.326 e. The molecule has 0 spiro atoms. The Bertz CT molecular complexity index is 807. The molecule has 106 valence electrons. The van der Waals surface area contributed by atoms with Crippen LogP contribution in [0.5, 0.6) is 0 Å². The molecule has 3 N–H and O–H groups in total. The molecule has 0 radical (unpaired) electrons. The molecule has 0 aliphatic carbocycles. The van der Waals surface area contributed by atoms with Crippen molar-refractivity contribution in [2.45, 2.75) is 6.54 Å². The van der Waals surface area contributed by atoms with Gasteiger partial charge in [-0.15, -0.1) is 0 Å². The molecule has 1 amide bonds. The first-order valence-corrected chi connectivity index (χ1v) is 6.71. The molecule has 0 saturated carbocycles. The number of fused-ring (bicyclic) bond motifs is 1. The molecule has 2 aromatic carbocycles. The van der Waals surface area contributed by atoms with Crippen LogP contribution in [0.2, 0.25) is 0 Å². The number of aryl methyl sites for hydroxylation is 1. The molecule has 0 fully saturated rings. The molecule has 0 atom stereocenters. The lowest BCUT2D eigenvalue weighted by molar-refractivity contribution is 0.102. The normalized spacial score (nSPS) is 10.8. The molecule has 0 aliphatic rings. The standard InChI is InChI=1S/C16H16N4O/c1-20-14-8-3-2-7-13(14)15(19-20)16(21)18-12-6-4-5-11(9-12)10-17/h2-9H,10,17H2,1H3,(H,18,21). The number of hydrogen-bond acceptors (Lipinski definition) is 3. The Morgan fingerprint density at radius 1 is 1.24 bits per heavy atom. The molecule has 0 aliphatic heterocycles. The Morgan fingerprint density at radius 2 is 2.05 bits per heavy atom. The van der Waals surface area contributed by atoms with Gasteiger partial charge in [-0.2, -0.15) is 5.10 Å². The fourth-order valence-corrected chi connectivity index (χ4v) is 2.35. The fraction of sp³-hybridized carbons (Fsp3) is 0.125. The van der Waals surface area contributed by atoms with Gasteiger partial charge in [-0.25, -0.2) is 0 Å². The lowest BCUT2D eigenvalue weighted by Gasteiger charge is -2.05. The van der Waals surface area contributed by atoms with Crippen molar-refractivity contribution < 1.29 is 4.79 Å². The van der Waals surface area contributed by atoms with Crippen LogP contribution in [0.15, 0.2) is 48.5 Å². The number of nitrogens with zero attached hydrogens (tertiary/aromatic N) is 2. The first-order valence-electron chi connectivity index (χ1n) is 6.71. The van der Waals surface area contributed by atoms with Gasteiger partial charge < -0.3 is 11.1 Å². The largest absolute Gasteiger partial charge is 0.326 e. The number of para-hydroxylation sites is 1. The van der Waals surface area contributed by atoms with E-state index in [4.69, 9.17) is 5.73 Å². The highest BCUT2D eigenvalue weighted by atomic mass is 16.2. The number of amides is 1. The zero-order valence-corrected chi connectivity index (χ0v) is 11.7. The fourth-order valence-electron chi connectivity index (χ4n) is 2.35. The Labute approximate surface area is 122 Å². The Kier molecular flexibility index (Phi) is 3.41. The number of rotatable bonds is 3. The van der Waals surface area contributed by atoms with Crippen molar-refractivity contribution in [1.82, 2.24) is 9.78 Å².